The molecule has 4 nitrogen and oxygen atoms in total. The van der Waals surface area contributed by atoms with Crippen LogP contribution in [0.2, 0.25) is 0 Å². The van der Waals surface area contributed by atoms with Gasteiger partial charge in [-0.2, -0.15) is 0 Å². The van der Waals surface area contributed by atoms with E-state index in [0.717, 1.165) is 42.2 Å². The van der Waals surface area contributed by atoms with Gasteiger partial charge in [-0.1, -0.05) is 0 Å². The second-order valence-corrected chi connectivity index (χ2v) is 6.24. The molecular weight excluding hydrogens is 328 g/mol. The summed E-state index contributed by atoms with van der Waals surface area (Å²) >= 11 is 3.62. The van der Waals surface area contributed by atoms with E-state index in [4.69, 9.17) is 5.73 Å². The van der Waals surface area contributed by atoms with Crippen LogP contribution in [-0.4, -0.2) is 31.2 Å². The third-order valence-corrected chi connectivity index (χ3v) is 4.38. The molecular formula is C16H19BrN4. The number of aromatic nitrogens is 1. The number of piperazine rings is 1. The topological polar surface area (TPSA) is 45.4 Å². The largest absolute Gasteiger partial charge is 0.399 e. The molecule has 1 fully saturated rings. The van der Waals surface area contributed by atoms with Crippen LogP contribution >= 0.6 is 15.9 Å². The zero-order valence-electron chi connectivity index (χ0n) is 12.1. The first-order valence-electron chi connectivity index (χ1n) is 7.11. The molecule has 0 unspecified atom stereocenters. The molecule has 3 rings (SSSR count). The zero-order valence-corrected chi connectivity index (χ0v) is 13.7. The molecule has 0 amide bonds. The number of nitrogen functional groups attached to an aromatic ring is 1. The zero-order chi connectivity index (χ0) is 14.8. The molecule has 0 aliphatic carbocycles. The molecule has 2 N–H and O–H groups in total. The first-order chi connectivity index (χ1) is 10.1. The number of anilines is 3. The van der Waals surface area contributed by atoms with Crippen molar-refractivity contribution in [2.75, 3.05) is 41.7 Å². The smallest absolute Gasteiger partial charge is 0.142 e. The van der Waals surface area contributed by atoms with Crippen LogP contribution in [0.15, 0.2) is 41.0 Å². The Kier molecular flexibility index (Phi) is 4.01. The summed E-state index contributed by atoms with van der Waals surface area (Å²) in [5, 5.41) is 0. The Hall–Kier alpha value is -1.75. The van der Waals surface area contributed by atoms with Crippen LogP contribution in [0, 0.1) is 6.92 Å². The second kappa shape index (κ2) is 5.93. The van der Waals surface area contributed by atoms with Crippen LogP contribution in [0.5, 0.6) is 0 Å². The number of nitrogens with two attached hydrogens (primary N) is 1. The predicted molar refractivity (Wildman–Crippen MR) is 92.0 cm³/mol. The van der Waals surface area contributed by atoms with Gasteiger partial charge in [-0.25, -0.2) is 4.98 Å². The lowest BCUT2D eigenvalue weighted by Crippen LogP contribution is -2.47. The van der Waals surface area contributed by atoms with Crippen molar-refractivity contribution in [3.05, 3.63) is 46.6 Å². The minimum absolute atomic E-state index is 0.810. The van der Waals surface area contributed by atoms with Crippen molar-refractivity contribution in [2.45, 2.75) is 6.92 Å². The normalized spacial score (nSPS) is 15.3. The number of hydrogen-bond donors (Lipinski definition) is 1. The molecule has 1 saturated heterocycles. The van der Waals surface area contributed by atoms with E-state index >= 15 is 0 Å². The van der Waals surface area contributed by atoms with Crippen LogP contribution < -0.4 is 15.5 Å². The average Bonchev–Trinajstić information content (AvgIpc) is 2.48. The van der Waals surface area contributed by atoms with Gasteiger partial charge in [-0.3, -0.25) is 0 Å². The van der Waals surface area contributed by atoms with Gasteiger partial charge in [0.15, 0.2) is 0 Å². The van der Waals surface area contributed by atoms with Crippen LogP contribution in [-0.2, 0) is 0 Å². The van der Waals surface area contributed by atoms with Crippen LogP contribution in [0.1, 0.15) is 5.56 Å². The lowest BCUT2D eigenvalue weighted by atomic mass is 10.2. The Morgan fingerprint density at radius 3 is 2.29 bits per heavy atom. The maximum absolute atomic E-state index is 5.74. The molecule has 0 atom stereocenters. The van der Waals surface area contributed by atoms with Gasteiger partial charge in [0.2, 0.25) is 0 Å². The molecule has 0 spiro atoms. The van der Waals surface area contributed by atoms with Crippen LogP contribution in [0.25, 0.3) is 0 Å². The quantitative estimate of drug-likeness (QED) is 0.849. The molecule has 1 aromatic carbocycles. The van der Waals surface area contributed by atoms with E-state index in [9.17, 15) is 0 Å². The Balaban J connectivity index is 1.68. The van der Waals surface area contributed by atoms with Crippen molar-refractivity contribution in [2.24, 2.45) is 0 Å². The number of hydrogen-bond acceptors (Lipinski definition) is 4. The third-order valence-electron chi connectivity index (χ3n) is 3.80. The molecule has 1 aliphatic rings. The Morgan fingerprint density at radius 2 is 1.67 bits per heavy atom. The molecule has 0 bridgehead atoms. The highest BCUT2D eigenvalue weighted by atomic mass is 79.9. The fourth-order valence-electron chi connectivity index (χ4n) is 2.62. The standard InChI is InChI=1S/C16H19BrN4/c1-12-10-15(17)16(19-11-12)21-8-6-20(7-9-21)14-4-2-13(18)3-5-14/h2-5,10-11H,6-9,18H2,1H3. The SMILES string of the molecule is Cc1cnc(N2CCN(c3ccc(N)cc3)CC2)c(Br)c1. The second-order valence-electron chi connectivity index (χ2n) is 5.38. The van der Waals surface area contributed by atoms with E-state index in [1.165, 1.54) is 11.3 Å². The Morgan fingerprint density at radius 1 is 1.05 bits per heavy atom. The molecule has 2 aromatic rings. The summed E-state index contributed by atoms with van der Waals surface area (Å²) in [5.74, 6) is 1.04. The summed E-state index contributed by atoms with van der Waals surface area (Å²) in [6.07, 6.45) is 1.92. The molecule has 0 radical (unpaired) electrons. The number of halogens is 1. The predicted octanol–water partition coefficient (Wildman–Crippen LogP) is 3.06. The first kappa shape index (κ1) is 14.2. The highest BCUT2D eigenvalue weighted by Crippen LogP contribution is 2.26. The molecule has 0 saturated carbocycles. The van der Waals surface area contributed by atoms with Gasteiger partial charge >= 0.3 is 0 Å². The van der Waals surface area contributed by atoms with Gasteiger partial charge in [-0.05, 0) is 58.7 Å². The van der Waals surface area contributed by atoms with Crippen molar-refractivity contribution in [1.29, 1.82) is 0 Å². The van der Waals surface area contributed by atoms with Gasteiger partial charge in [0.25, 0.3) is 0 Å². The van der Waals surface area contributed by atoms with E-state index in [1.54, 1.807) is 0 Å². The number of benzene rings is 1. The lowest BCUT2D eigenvalue weighted by molar-refractivity contribution is 0.646. The van der Waals surface area contributed by atoms with Crippen molar-refractivity contribution < 1.29 is 0 Å². The van der Waals surface area contributed by atoms with E-state index in [1.807, 2.05) is 18.3 Å². The van der Waals surface area contributed by atoms with E-state index < -0.39 is 0 Å². The fraction of sp³-hybridized carbons (Fsp3) is 0.312. The third kappa shape index (κ3) is 3.13. The summed E-state index contributed by atoms with van der Waals surface area (Å²) in [6.45, 7) is 5.98. The number of pyridine rings is 1. The van der Waals surface area contributed by atoms with Gasteiger partial charge in [-0.15, -0.1) is 0 Å². The van der Waals surface area contributed by atoms with E-state index in [2.05, 4.69) is 55.8 Å². The van der Waals surface area contributed by atoms with Crippen molar-refractivity contribution in [1.82, 2.24) is 4.98 Å². The number of rotatable bonds is 2. The maximum Gasteiger partial charge on any atom is 0.142 e. The molecule has 1 aliphatic heterocycles. The van der Waals surface area contributed by atoms with Gasteiger partial charge in [0.05, 0.1) is 4.47 Å². The minimum Gasteiger partial charge on any atom is -0.399 e. The number of nitrogens with zero attached hydrogens (tertiary/aromatic N) is 3. The van der Waals surface area contributed by atoms with Crippen molar-refractivity contribution in [3.8, 4) is 0 Å². The van der Waals surface area contributed by atoms with Gasteiger partial charge in [0.1, 0.15) is 5.82 Å². The summed E-state index contributed by atoms with van der Waals surface area (Å²) in [6, 6.07) is 10.2. The highest BCUT2D eigenvalue weighted by Gasteiger charge is 2.19. The van der Waals surface area contributed by atoms with Gasteiger partial charge in [0, 0.05) is 43.8 Å². The molecule has 5 heteroatoms. The summed E-state index contributed by atoms with van der Waals surface area (Å²) in [4.78, 5) is 9.27. The van der Waals surface area contributed by atoms with Gasteiger partial charge < -0.3 is 15.5 Å². The molecule has 110 valence electrons. The lowest BCUT2D eigenvalue weighted by Gasteiger charge is -2.37. The van der Waals surface area contributed by atoms with E-state index in [0.29, 0.717) is 0 Å². The van der Waals surface area contributed by atoms with Crippen molar-refractivity contribution >= 4 is 33.1 Å². The van der Waals surface area contributed by atoms with Crippen LogP contribution in [0.4, 0.5) is 17.2 Å². The summed E-state index contributed by atoms with van der Waals surface area (Å²) in [7, 11) is 0. The Labute approximate surface area is 133 Å². The first-order valence-corrected chi connectivity index (χ1v) is 7.90. The average molecular weight is 347 g/mol. The summed E-state index contributed by atoms with van der Waals surface area (Å²) in [5.41, 5.74) is 8.96. The highest BCUT2D eigenvalue weighted by molar-refractivity contribution is 9.10. The van der Waals surface area contributed by atoms with Crippen LogP contribution in [0.3, 0.4) is 0 Å². The fourth-order valence-corrected chi connectivity index (χ4v) is 3.33. The minimum atomic E-state index is 0.810. The summed E-state index contributed by atoms with van der Waals surface area (Å²) < 4.78 is 1.07. The van der Waals surface area contributed by atoms with E-state index in [-0.39, 0.29) is 0 Å². The monoisotopic (exact) mass is 346 g/mol. The maximum atomic E-state index is 5.74. The molecule has 1 aromatic heterocycles. The molecule has 2 heterocycles. The molecule has 21 heavy (non-hydrogen) atoms. The Bertz CT molecular complexity index is 619. The van der Waals surface area contributed by atoms with Crippen molar-refractivity contribution in [3.63, 3.8) is 0 Å². The number of aryl methyl sites for hydroxylation is 1.